The predicted molar refractivity (Wildman–Crippen MR) is 99.7 cm³/mol. The third kappa shape index (κ3) is 3.20. The minimum atomic E-state index is -0.0115. The molecule has 4 nitrogen and oxygen atoms in total. The molecule has 4 rings (SSSR count). The number of nitrogens with one attached hydrogen (secondary N) is 1. The normalized spacial score (nSPS) is 16.3. The van der Waals surface area contributed by atoms with Crippen molar-refractivity contribution in [3.8, 4) is 11.4 Å². The molecule has 1 amide bonds. The number of hydrogen-bond acceptors (Lipinski definition) is 4. The van der Waals surface area contributed by atoms with Gasteiger partial charge in [0, 0.05) is 23.0 Å². The standard InChI is InChI=1S/C20H19N3OS/c1-13-10-11-25-18(13)20(24)23-17-9-5-8-16-15(17)12-21-19(22-16)14-6-3-2-4-7-14/h2-4,6-7,10-12,17H,5,8-9H2,1H3,(H,23,24). The summed E-state index contributed by atoms with van der Waals surface area (Å²) < 4.78 is 0. The van der Waals surface area contributed by atoms with E-state index in [1.165, 1.54) is 11.3 Å². The van der Waals surface area contributed by atoms with Crippen molar-refractivity contribution in [2.24, 2.45) is 0 Å². The molecule has 0 aliphatic heterocycles. The summed E-state index contributed by atoms with van der Waals surface area (Å²) in [5.74, 6) is 0.748. The molecule has 0 radical (unpaired) electrons. The number of thiophene rings is 1. The number of carbonyl (C=O) groups excluding carboxylic acids is 1. The van der Waals surface area contributed by atoms with E-state index in [2.05, 4.69) is 10.3 Å². The molecule has 3 aromatic rings. The Bertz CT molecular complexity index is 904. The number of benzene rings is 1. The number of nitrogens with zero attached hydrogens (tertiary/aromatic N) is 2. The van der Waals surface area contributed by atoms with E-state index < -0.39 is 0 Å². The third-order valence-corrected chi connectivity index (χ3v) is 5.60. The van der Waals surface area contributed by atoms with E-state index in [-0.39, 0.29) is 11.9 Å². The summed E-state index contributed by atoms with van der Waals surface area (Å²) in [6.07, 6.45) is 4.77. The Morgan fingerprint density at radius 1 is 1.24 bits per heavy atom. The zero-order chi connectivity index (χ0) is 17.2. The van der Waals surface area contributed by atoms with Gasteiger partial charge >= 0.3 is 0 Å². The maximum absolute atomic E-state index is 12.6. The number of aromatic nitrogens is 2. The highest BCUT2D eigenvalue weighted by Gasteiger charge is 2.25. The molecular weight excluding hydrogens is 330 g/mol. The molecule has 1 N–H and O–H groups in total. The minimum absolute atomic E-state index is 0.00233. The van der Waals surface area contributed by atoms with Gasteiger partial charge in [0.25, 0.3) is 5.91 Å². The zero-order valence-corrected chi connectivity index (χ0v) is 14.8. The first kappa shape index (κ1) is 16.0. The van der Waals surface area contributed by atoms with E-state index in [1.54, 1.807) is 0 Å². The Morgan fingerprint density at radius 2 is 2.08 bits per heavy atom. The minimum Gasteiger partial charge on any atom is -0.344 e. The molecule has 1 aliphatic rings. The van der Waals surface area contributed by atoms with Gasteiger partial charge in [0.05, 0.1) is 10.9 Å². The number of amides is 1. The molecule has 0 saturated heterocycles. The highest BCUT2D eigenvalue weighted by molar-refractivity contribution is 7.12. The SMILES string of the molecule is Cc1ccsc1C(=O)NC1CCCc2nc(-c3ccccc3)ncc21. The summed E-state index contributed by atoms with van der Waals surface area (Å²) in [5.41, 5.74) is 4.14. The van der Waals surface area contributed by atoms with Gasteiger partial charge in [-0.1, -0.05) is 30.3 Å². The molecule has 0 bridgehead atoms. The van der Waals surface area contributed by atoms with Crippen LogP contribution in [0.15, 0.2) is 48.0 Å². The van der Waals surface area contributed by atoms with Gasteiger partial charge < -0.3 is 5.32 Å². The van der Waals surface area contributed by atoms with Crippen LogP contribution in [0.25, 0.3) is 11.4 Å². The number of aryl methyl sites for hydroxylation is 2. The van der Waals surface area contributed by atoms with Gasteiger partial charge in [0.1, 0.15) is 0 Å². The fourth-order valence-corrected chi connectivity index (χ4v) is 4.08. The highest BCUT2D eigenvalue weighted by atomic mass is 32.1. The van der Waals surface area contributed by atoms with E-state index >= 15 is 0 Å². The van der Waals surface area contributed by atoms with E-state index in [9.17, 15) is 4.79 Å². The van der Waals surface area contributed by atoms with E-state index in [0.29, 0.717) is 0 Å². The Labute approximate surface area is 151 Å². The maximum atomic E-state index is 12.6. The van der Waals surface area contributed by atoms with Crippen LogP contribution >= 0.6 is 11.3 Å². The Morgan fingerprint density at radius 3 is 2.84 bits per heavy atom. The average molecular weight is 349 g/mol. The molecular formula is C20H19N3OS. The largest absolute Gasteiger partial charge is 0.344 e. The molecule has 1 atom stereocenters. The lowest BCUT2D eigenvalue weighted by atomic mass is 9.92. The Kier molecular flexibility index (Phi) is 4.32. The van der Waals surface area contributed by atoms with Crippen molar-refractivity contribution in [2.45, 2.75) is 32.2 Å². The van der Waals surface area contributed by atoms with Gasteiger partial charge in [-0.05, 0) is 43.2 Å². The number of hydrogen-bond donors (Lipinski definition) is 1. The number of carbonyl (C=O) groups is 1. The first-order chi connectivity index (χ1) is 12.2. The van der Waals surface area contributed by atoms with Gasteiger partial charge in [-0.3, -0.25) is 4.79 Å². The van der Waals surface area contributed by atoms with Crippen molar-refractivity contribution >= 4 is 17.2 Å². The van der Waals surface area contributed by atoms with Crippen LogP contribution in [0.3, 0.4) is 0 Å². The van der Waals surface area contributed by atoms with Crippen molar-refractivity contribution in [1.29, 1.82) is 0 Å². The summed E-state index contributed by atoms with van der Waals surface area (Å²) in [4.78, 5) is 22.6. The van der Waals surface area contributed by atoms with Crippen LogP contribution in [0.4, 0.5) is 0 Å². The van der Waals surface area contributed by atoms with Gasteiger partial charge in [0.15, 0.2) is 5.82 Å². The quantitative estimate of drug-likeness (QED) is 0.766. The monoisotopic (exact) mass is 349 g/mol. The first-order valence-electron chi connectivity index (χ1n) is 8.48. The molecule has 1 unspecified atom stereocenters. The second-order valence-corrected chi connectivity index (χ2v) is 7.23. The Balaban J connectivity index is 1.60. The van der Waals surface area contributed by atoms with E-state index in [0.717, 1.165) is 52.3 Å². The molecule has 1 aromatic carbocycles. The number of fused-ring (bicyclic) bond motifs is 1. The predicted octanol–water partition coefficient (Wildman–Crippen LogP) is 4.32. The van der Waals surface area contributed by atoms with Crippen LogP contribution < -0.4 is 5.32 Å². The van der Waals surface area contributed by atoms with E-state index in [1.807, 2.05) is 54.9 Å². The maximum Gasteiger partial charge on any atom is 0.262 e. The van der Waals surface area contributed by atoms with Gasteiger partial charge in [0.2, 0.25) is 0 Å². The van der Waals surface area contributed by atoms with Gasteiger partial charge in [-0.15, -0.1) is 11.3 Å². The van der Waals surface area contributed by atoms with Crippen molar-refractivity contribution in [2.75, 3.05) is 0 Å². The van der Waals surface area contributed by atoms with Crippen LogP contribution in [0.5, 0.6) is 0 Å². The molecule has 5 heteroatoms. The topological polar surface area (TPSA) is 54.9 Å². The molecule has 1 aliphatic carbocycles. The summed E-state index contributed by atoms with van der Waals surface area (Å²) in [6.45, 7) is 1.97. The summed E-state index contributed by atoms with van der Waals surface area (Å²) in [5, 5.41) is 5.12. The zero-order valence-electron chi connectivity index (χ0n) is 14.0. The molecule has 2 aromatic heterocycles. The van der Waals surface area contributed by atoms with Crippen LogP contribution in [0.2, 0.25) is 0 Å². The van der Waals surface area contributed by atoms with Crippen LogP contribution in [-0.4, -0.2) is 15.9 Å². The molecule has 0 saturated carbocycles. The van der Waals surface area contributed by atoms with Crippen molar-refractivity contribution in [1.82, 2.24) is 15.3 Å². The van der Waals surface area contributed by atoms with Gasteiger partial charge in [-0.2, -0.15) is 0 Å². The van der Waals surface area contributed by atoms with Crippen molar-refractivity contribution in [3.63, 3.8) is 0 Å². The summed E-state index contributed by atoms with van der Waals surface area (Å²) >= 11 is 1.48. The van der Waals surface area contributed by atoms with Crippen LogP contribution in [0.1, 0.15) is 45.4 Å². The van der Waals surface area contributed by atoms with Crippen molar-refractivity contribution < 1.29 is 4.79 Å². The van der Waals surface area contributed by atoms with Crippen LogP contribution in [0, 0.1) is 6.92 Å². The first-order valence-corrected chi connectivity index (χ1v) is 9.36. The smallest absolute Gasteiger partial charge is 0.262 e. The van der Waals surface area contributed by atoms with E-state index in [4.69, 9.17) is 4.98 Å². The summed E-state index contributed by atoms with van der Waals surface area (Å²) in [6, 6.07) is 12.0. The van der Waals surface area contributed by atoms with Crippen molar-refractivity contribution in [3.05, 3.63) is 69.7 Å². The lowest BCUT2D eigenvalue weighted by molar-refractivity contribution is 0.0936. The highest BCUT2D eigenvalue weighted by Crippen LogP contribution is 2.30. The fourth-order valence-electron chi connectivity index (χ4n) is 3.25. The lowest BCUT2D eigenvalue weighted by Gasteiger charge is -2.25. The molecule has 0 fully saturated rings. The van der Waals surface area contributed by atoms with Gasteiger partial charge in [-0.25, -0.2) is 9.97 Å². The second-order valence-electron chi connectivity index (χ2n) is 6.31. The fraction of sp³-hybridized carbons (Fsp3) is 0.250. The Hall–Kier alpha value is -2.53. The molecule has 25 heavy (non-hydrogen) atoms. The third-order valence-electron chi connectivity index (χ3n) is 4.59. The lowest BCUT2D eigenvalue weighted by Crippen LogP contribution is -2.31. The summed E-state index contributed by atoms with van der Waals surface area (Å²) in [7, 11) is 0. The van der Waals surface area contributed by atoms with Crippen LogP contribution in [-0.2, 0) is 6.42 Å². The average Bonchev–Trinajstić information content (AvgIpc) is 3.08. The second kappa shape index (κ2) is 6.76. The molecule has 2 heterocycles. The number of rotatable bonds is 3. The molecule has 0 spiro atoms. The molecule has 126 valence electrons.